The van der Waals surface area contributed by atoms with Crippen molar-refractivity contribution in [2.24, 2.45) is 5.92 Å². The molecule has 0 spiro atoms. The number of imidazole rings is 1. The molecule has 2 aliphatic rings. The summed E-state index contributed by atoms with van der Waals surface area (Å²) in [6.45, 7) is 8.20. The van der Waals surface area contributed by atoms with Crippen LogP contribution in [-0.2, 0) is 11.3 Å². The van der Waals surface area contributed by atoms with Gasteiger partial charge in [0.05, 0.1) is 24.4 Å². The number of hydrogen-bond acceptors (Lipinski definition) is 6. The average Bonchev–Trinajstić information content (AvgIpc) is 3.18. The molecule has 2 fully saturated rings. The molecule has 0 N–H and O–H groups in total. The number of nitrogens with zero attached hydrogens (tertiary/aromatic N) is 5. The summed E-state index contributed by atoms with van der Waals surface area (Å²) in [4.78, 5) is 11.9. The van der Waals surface area contributed by atoms with Crippen LogP contribution in [0.4, 0.5) is 5.95 Å². The van der Waals surface area contributed by atoms with Crippen molar-refractivity contribution in [3.8, 4) is 11.1 Å². The lowest BCUT2D eigenvalue weighted by molar-refractivity contribution is 0.121. The second-order valence-electron chi connectivity index (χ2n) is 7.68. The number of fused-ring (bicyclic) bond motifs is 1. The van der Waals surface area contributed by atoms with Crippen LogP contribution in [0, 0.1) is 19.8 Å². The molecule has 0 unspecified atom stereocenters. The highest BCUT2D eigenvalue weighted by Gasteiger charge is 2.25. The van der Waals surface area contributed by atoms with Crippen molar-refractivity contribution in [1.82, 2.24) is 19.7 Å². The van der Waals surface area contributed by atoms with Gasteiger partial charge < -0.3 is 18.7 Å². The van der Waals surface area contributed by atoms with Crippen LogP contribution >= 0.6 is 0 Å². The largest absolute Gasteiger partial charge is 0.378 e. The van der Waals surface area contributed by atoms with E-state index in [9.17, 15) is 0 Å². The van der Waals surface area contributed by atoms with Gasteiger partial charge in [-0.25, -0.2) is 4.98 Å². The van der Waals surface area contributed by atoms with Gasteiger partial charge in [-0.15, -0.1) is 0 Å². The third kappa shape index (κ3) is 2.90. The van der Waals surface area contributed by atoms with Crippen LogP contribution in [0.3, 0.4) is 0 Å². The number of ether oxygens (including phenoxy) is 1. The number of aryl methyl sites for hydroxylation is 2. The Morgan fingerprint density at radius 3 is 2.67 bits per heavy atom. The molecule has 142 valence electrons. The molecule has 0 aromatic carbocycles. The maximum Gasteiger partial charge on any atom is 0.208 e. The lowest BCUT2D eigenvalue weighted by atomic mass is 9.85. The van der Waals surface area contributed by atoms with Crippen LogP contribution in [0.15, 0.2) is 16.8 Å². The Hall–Kier alpha value is -2.41. The number of aromatic nitrogens is 4. The molecule has 0 radical (unpaired) electrons. The highest BCUT2D eigenvalue weighted by molar-refractivity contribution is 5.82. The molecule has 4 heterocycles. The highest BCUT2D eigenvalue weighted by Crippen LogP contribution is 2.34. The molecule has 3 aromatic rings. The first kappa shape index (κ1) is 16.7. The molecule has 1 aliphatic heterocycles. The van der Waals surface area contributed by atoms with Crippen LogP contribution in [-0.4, -0.2) is 46.0 Å². The number of anilines is 1. The van der Waals surface area contributed by atoms with Crippen molar-refractivity contribution in [1.29, 1.82) is 0 Å². The number of rotatable bonds is 4. The topological polar surface area (TPSA) is 69.2 Å². The summed E-state index contributed by atoms with van der Waals surface area (Å²) in [6.07, 6.45) is 5.84. The van der Waals surface area contributed by atoms with Gasteiger partial charge in [-0.1, -0.05) is 11.6 Å². The lowest BCUT2D eigenvalue weighted by Gasteiger charge is -2.31. The quantitative estimate of drug-likeness (QED) is 0.704. The van der Waals surface area contributed by atoms with E-state index in [4.69, 9.17) is 14.2 Å². The summed E-state index contributed by atoms with van der Waals surface area (Å²) in [5, 5.41) is 4.10. The monoisotopic (exact) mass is 367 g/mol. The number of morpholine rings is 1. The maximum atomic E-state index is 5.53. The number of pyridine rings is 1. The van der Waals surface area contributed by atoms with Gasteiger partial charge in [0, 0.05) is 37.0 Å². The van der Waals surface area contributed by atoms with Gasteiger partial charge in [-0.3, -0.25) is 0 Å². The van der Waals surface area contributed by atoms with Crippen LogP contribution in [0.1, 0.15) is 30.7 Å². The highest BCUT2D eigenvalue weighted by atomic mass is 16.5. The van der Waals surface area contributed by atoms with Gasteiger partial charge >= 0.3 is 0 Å². The van der Waals surface area contributed by atoms with Crippen molar-refractivity contribution >= 4 is 17.1 Å². The predicted molar refractivity (Wildman–Crippen MR) is 103 cm³/mol. The molecule has 7 nitrogen and oxygen atoms in total. The fourth-order valence-electron chi connectivity index (χ4n) is 4.14. The first-order chi connectivity index (χ1) is 13.2. The van der Waals surface area contributed by atoms with Crippen molar-refractivity contribution in [3.05, 3.63) is 23.7 Å². The lowest BCUT2D eigenvalue weighted by Crippen LogP contribution is -2.38. The molecule has 7 heteroatoms. The normalized spacial score (nSPS) is 18.2. The minimum atomic E-state index is 0.741. The van der Waals surface area contributed by atoms with E-state index in [-0.39, 0.29) is 0 Å². The van der Waals surface area contributed by atoms with Crippen molar-refractivity contribution in [2.75, 3.05) is 31.2 Å². The van der Waals surface area contributed by atoms with Crippen molar-refractivity contribution in [3.63, 3.8) is 0 Å². The summed E-state index contributed by atoms with van der Waals surface area (Å²) in [7, 11) is 0. The third-order valence-electron chi connectivity index (χ3n) is 5.87. The van der Waals surface area contributed by atoms with E-state index >= 15 is 0 Å². The van der Waals surface area contributed by atoms with E-state index in [1.807, 2.05) is 20.0 Å². The van der Waals surface area contributed by atoms with Gasteiger partial charge in [0.1, 0.15) is 5.76 Å². The van der Waals surface area contributed by atoms with Crippen LogP contribution in [0.5, 0.6) is 0 Å². The molecular weight excluding hydrogens is 342 g/mol. The van der Waals surface area contributed by atoms with Gasteiger partial charge in [-0.05, 0) is 38.7 Å². The van der Waals surface area contributed by atoms with E-state index in [2.05, 4.69) is 25.7 Å². The first-order valence-electron chi connectivity index (χ1n) is 9.83. The van der Waals surface area contributed by atoms with E-state index in [1.54, 1.807) is 0 Å². The predicted octanol–water partition coefficient (Wildman–Crippen LogP) is 3.34. The Kier molecular flexibility index (Phi) is 4.11. The van der Waals surface area contributed by atoms with Gasteiger partial charge in [0.15, 0.2) is 5.65 Å². The zero-order chi connectivity index (χ0) is 18.4. The zero-order valence-corrected chi connectivity index (χ0v) is 15.9. The third-order valence-corrected chi connectivity index (χ3v) is 5.87. The second kappa shape index (κ2) is 6.64. The molecule has 1 saturated carbocycles. The standard InChI is InChI=1S/C20H25N5O2/c1-13-18(14(2)27-23-13)16-10-17-19(21-11-16)22-20(24-6-8-26-9-7-24)25(17)12-15-4-3-5-15/h10-11,15H,3-9,12H2,1-2H3. The molecule has 1 aliphatic carbocycles. The number of hydrogen-bond donors (Lipinski definition) is 0. The molecular formula is C20H25N5O2. The summed E-state index contributed by atoms with van der Waals surface area (Å²) in [5.41, 5.74) is 4.88. The minimum Gasteiger partial charge on any atom is -0.378 e. The molecule has 0 amide bonds. The fourth-order valence-corrected chi connectivity index (χ4v) is 4.14. The fraction of sp³-hybridized carbons (Fsp3) is 0.550. The van der Waals surface area contributed by atoms with E-state index in [0.717, 1.165) is 78.5 Å². The molecule has 3 aromatic heterocycles. The molecule has 27 heavy (non-hydrogen) atoms. The summed E-state index contributed by atoms with van der Waals surface area (Å²) >= 11 is 0. The Morgan fingerprint density at radius 1 is 1.19 bits per heavy atom. The molecule has 0 bridgehead atoms. The van der Waals surface area contributed by atoms with Gasteiger partial charge in [0.25, 0.3) is 0 Å². The Balaban J connectivity index is 1.62. The van der Waals surface area contributed by atoms with E-state index in [1.165, 1.54) is 19.3 Å². The molecule has 1 saturated heterocycles. The van der Waals surface area contributed by atoms with Crippen LogP contribution < -0.4 is 4.90 Å². The average molecular weight is 367 g/mol. The Labute approximate surface area is 158 Å². The molecule has 0 atom stereocenters. The molecule has 5 rings (SSSR count). The van der Waals surface area contributed by atoms with E-state index in [0.29, 0.717) is 0 Å². The van der Waals surface area contributed by atoms with Crippen LogP contribution in [0.2, 0.25) is 0 Å². The Morgan fingerprint density at radius 2 is 2.00 bits per heavy atom. The van der Waals surface area contributed by atoms with Crippen molar-refractivity contribution < 1.29 is 9.26 Å². The second-order valence-corrected chi connectivity index (χ2v) is 7.68. The smallest absolute Gasteiger partial charge is 0.208 e. The minimum absolute atomic E-state index is 0.741. The van der Waals surface area contributed by atoms with Gasteiger partial charge in [0.2, 0.25) is 5.95 Å². The maximum absolute atomic E-state index is 5.53. The summed E-state index contributed by atoms with van der Waals surface area (Å²) < 4.78 is 13.3. The van der Waals surface area contributed by atoms with E-state index < -0.39 is 0 Å². The van der Waals surface area contributed by atoms with Gasteiger partial charge in [-0.2, -0.15) is 4.98 Å². The zero-order valence-electron chi connectivity index (χ0n) is 15.9. The first-order valence-corrected chi connectivity index (χ1v) is 9.83. The summed E-state index contributed by atoms with van der Waals surface area (Å²) in [6, 6.07) is 2.20. The Bertz CT molecular complexity index is 947. The van der Waals surface area contributed by atoms with Crippen LogP contribution in [0.25, 0.3) is 22.3 Å². The van der Waals surface area contributed by atoms with Crippen molar-refractivity contribution in [2.45, 2.75) is 39.7 Å². The summed E-state index contributed by atoms with van der Waals surface area (Å²) in [5.74, 6) is 2.60. The SMILES string of the molecule is Cc1noc(C)c1-c1cnc2nc(N3CCOCC3)n(CC3CCC3)c2c1.